The Morgan fingerprint density at radius 3 is 2.50 bits per heavy atom. The van der Waals surface area contributed by atoms with Crippen LogP contribution in [0.1, 0.15) is 26.7 Å². The first-order chi connectivity index (χ1) is 6.59. The summed E-state index contributed by atoms with van der Waals surface area (Å²) in [6.45, 7) is 5.55. The van der Waals surface area contributed by atoms with E-state index in [1.54, 1.807) is 12.4 Å². The van der Waals surface area contributed by atoms with E-state index in [0.29, 0.717) is 0 Å². The molecule has 1 aliphatic heterocycles. The zero-order chi connectivity index (χ0) is 10.2. The van der Waals surface area contributed by atoms with Crippen molar-refractivity contribution in [2.24, 2.45) is 0 Å². The SMILES string of the molecule is CC1(C)CCCN1c1ncc(Br)cn1. The van der Waals surface area contributed by atoms with Crippen molar-refractivity contribution in [3.63, 3.8) is 0 Å². The number of nitrogens with zero attached hydrogens (tertiary/aromatic N) is 3. The minimum absolute atomic E-state index is 0.202. The smallest absolute Gasteiger partial charge is 0.225 e. The number of aromatic nitrogens is 2. The molecule has 0 atom stereocenters. The summed E-state index contributed by atoms with van der Waals surface area (Å²) in [5, 5.41) is 0. The predicted molar refractivity (Wildman–Crippen MR) is 60.4 cm³/mol. The van der Waals surface area contributed by atoms with Gasteiger partial charge in [0.25, 0.3) is 0 Å². The molecule has 0 N–H and O–H groups in total. The summed E-state index contributed by atoms with van der Waals surface area (Å²) in [5.74, 6) is 0.843. The normalized spacial score (nSPS) is 20.1. The monoisotopic (exact) mass is 255 g/mol. The number of anilines is 1. The van der Waals surface area contributed by atoms with Gasteiger partial charge >= 0.3 is 0 Å². The van der Waals surface area contributed by atoms with Crippen LogP contribution in [-0.2, 0) is 0 Å². The van der Waals surface area contributed by atoms with Gasteiger partial charge in [-0.05, 0) is 42.6 Å². The van der Waals surface area contributed by atoms with E-state index in [0.717, 1.165) is 17.0 Å². The molecule has 1 aromatic rings. The lowest BCUT2D eigenvalue weighted by atomic mass is 10.0. The van der Waals surface area contributed by atoms with Gasteiger partial charge in [-0.2, -0.15) is 0 Å². The first kappa shape index (κ1) is 9.90. The lowest BCUT2D eigenvalue weighted by Crippen LogP contribution is -2.39. The van der Waals surface area contributed by atoms with Crippen LogP contribution >= 0.6 is 15.9 Å². The molecule has 0 radical (unpaired) electrons. The van der Waals surface area contributed by atoms with E-state index in [9.17, 15) is 0 Å². The van der Waals surface area contributed by atoms with Gasteiger partial charge in [0.15, 0.2) is 0 Å². The molecule has 0 spiro atoms. The Balaban J connectivity index is 2.27. The van der Waals surface area contributed by atoms with E-state index < -0.39 is 0 Å². The summed E-state index contributed by atoms with van der Waals surface area (Å²) in [6.07, 6.45) is 6.05. The Morgan fingerprint density at radius 2 is 2.00 bits per heavy atom. The van der Waals surface area contributed by atoms with Crippen LogP contribution in [0.5, 0.6) is 0 Å². The minimum Gasteiger partial charge on any atom is -0.336 e. The fraction of sp³-hybridized carbons (Fsp3) is 0.600. The van der Waals surface area contributed by atoms with Crippen LogP contribution in [0, 0.1) is 0 Å². The van der Waals surface area contributed by atoms with Crippen LogP contribution in [0.2, 0.25) is 0 Å². The molecular formula is C10H14BrN3. The van der Waals surface area contributed by atoms with Crippen molar-refractivity contribution < 1.29 is 0 Å². The Kier molecular flexibility index (Phi) is 2.47. The van der Waals surface area contributed by atoms with E-state index in [1.807, 2.05) is 0 Å². The molecule has 1 aromatic heterocycles. The summed E-state index contributed by atoms with van der Waals surface area (Å²) >= 11 is 3.34. The summed E-state index contributed by atoms with van der Waals surface area (Å²) in [7, 11) is 0. The summed E-state index contributed by atoms with van der Waals surface area (Å²) in [4.78, 5) is 10.9. The molecule has 1 aliphatic rings. The highest BCUT2D eigenvalue weighted by molar-refractivity contribution is 9.10. The van der Waals surface area contributed by atoms with Gasteiger partial charge in [-0.1, -0.05) is 0 Å². The van der Waals surface area contributed by atoms with Crippen molar-refractivity contribution in [1.82, 2.24) is 9.97 Å². The fourth-order valence-corrected chi connectivity index (χ4v) is 2.13. The van der Waals surface area contributed by atoms with E-state index >= 15 is 0 Å². The average molecular weight is 256 g/mol. The van der Waals surface area contributed by atoms with Crippen LogP contribution in [0.4, 0.5) is 5.95 Å². The molecule has 3 nitrogen and oxygen atoms in total. The van der Waals surface area contributed by atoms with Gasteiger partial charge in [0, 0.05) is 24.5 Å². The molecule has 0 amide bonds. The van der Waals surface area contributed by atoms with Crippen LogP contribution in [0.3, 0.4) is 0 Å². The third kappa shape index (κ3) is 1.75. The third-order valence-corrected chi connectivity index (χ3v) is 3.16. The van der Waals surface area contributed by atoms with Crippen molar-refractivity contribution in [2.45, 2.75) is 32.2 Å². The summed E-state index contributed by atoms with van der Waals surface area (Å²) in [6, 6.07) is 0. The molecule has 0 aromatic carbocycles. The lowest BCUT2D eigenvalue weighted by molar-refractivity contribution is 0.510. The van der Waals surface area contributed by atoms with Gasteiger partial charge < -0.3 is 4.90 Å². The minimum atomic E-state index is 0.202. The maximum absolute atomic E-state index is 4.32. The van der Waals surface area contributed by atoms with Crippen LogP contribution in [-0.4, -0.2) is 22.1 Å². The number of halogens is 1. The lowest BCUT2D eigenvalue weighted by Gasteiger charge is -2.31. The van der Waals surface area contributed by atoms with Gasteiger partial charge in [0.1, 0.15) is 0 Å². The van der Waals surface area contributed by atoms with Gasteiger partial charge in [-0.15, -0.1) is 0 Å². The summed E-state index contributed by atoms with van der Waals surface area (Å²) < 4.78 is 0.929. The van der Waals surface area contributed by atoms with Crippen molar-refractivity contribution >= 4 is 21.9 Å². The molecule has 0 bridgehead atoms. The molecule has 0 unspecified atom stereocenters. The molecule has 0 saturated carbocycles. The molecule has 4 heteroatoms. The Hall–Kier alpha value is -0.640. The van der Waals surface area contributed by atoms with Crippen LogP contribution in [0.15, 0.2) is 16.9 Å². The van der Waals surface area contributed by atoms with Crippen molar-refractivity contribution in [2.75, 3.05) is 11.4 Å². The van der Waals surface area contributed by atoms with Gasteiger partial charge in [-0.3, -0.25) is 0 Å². The predicted octanol–water partition coefficient (Wildman–Crippen LogP) is 2.62. The zero-order valence-electron chi connectivity index (χ0n) is 8.50. The van der Waals surface area contributed by atoms with E-state index in [-0.39, 0.29) is 5.54 Å². The maximum Gasteiger partial charge on any atom is 0.225 e. The third-order valence-electron chi connectivity index (χ3n) is 2.75. The van der Waals surface area contributed by atoms with Gasteiger partial charge in [0.05, 0.1) is 4.47 Å². The largest absolute Gasteiger partial charge is 0.336 e. The number of hydrogen-bond acceptors (Lipinski definition) is 3. The molecule has 2 rings (SSSR count). The highest BCUT2D eigenvalue weighted by Gasteiger charge is 2.33. The Morgan fingerprint density at radius 1 is 1.36 bits per heavy atom. The molecule has 1 fully saturated rings. The first-order valence-corrected chi connectivity index (χ1v) is 5.64. The van der Waals surface area contributed by atoms with Crippen LogP contribution < -0.4 is 4.90 Å². The van der Waals surface area contributed by atoms with Gasteiger partial charge in [0.2, 0.25) is 5.95 Å². The second-order valence-corrected chi connectivity index (χ2v) is 5.18. The highest BCUT2D eigenvalue weighted by atomic mass is 79.9. The fourth-order valence-electron chi connectivity index (χ4n) is 1.92. The Labute approximate surface area is 92.7 Å². The molecular weight excluding hydrogens is 242 g/mol. The molecule has 1 saturated heterocycles. The summed E-state index contributed by atoms with van der Waals surface area (Å²) in [5.41, 5.74) is 0.202. The van der Waals surface area contributed by atoms with Gasteiger partial charge in [-0.25, -0.2) is 9.97 Å². The quantitative estimate of drug-likeness (QED) is 0.773. The van der Waals surface area contributed by atoms with Crippen molar-refractivity contribution in [3.05, 3.63) is 16.9 Å². The topological polar surface area (TPSA) is 29.0 Å². The number of hydrogen-bond donors (Lipinski definition) is 0. The highest BCUT2D eigenvalue weighted by Crippen LogP contribution is 2.31. The van der Waals surface area contributed by atoms with E-state index in [1.165, 1.54) is 12.8 Å². The van der Waals surface area contributed by atoms with E-state index in [2.05, 4.69) is 44.6 Å². The van der Waals surface area contributed by atoms with Crippen molar-refractivity contribution in [1.29, 1.82) is 0 Å². The van der Waals surface area contributed by atoms with Crippen LogP contribution in [0.25, 0.3) is 0 Å². The second kappa shape index (κ2) is 3.50. The standard InChI is InChI=1S/C10H14BrN3/c1-10(2)4-3-5-14(10)9-12-6-8(11)7-13-9/h6-7H,3-5H2,1-2H3. The average Bonchev–Trinajstić information content (AvgIpc) is 2.47. The first-order valence-electron chi connectivity index (χ1n) is 4.85. The Bertz CT molecular complexity index is 321. The van der Waals surface area contributed by atoms with Crippen molar-refractivity contribution in [3.8, 4) is 0 Å². The van der Waals surface area contributed by atoms with E-state index in [4.69, 9.17) is 0 Å². The number of rotatable bonds is 1. The molecule has 76 valence electrons. The zero-order valence-corrected chi connectivity index (χ0v) is 10.1. The molecule has 2 heterocycles. The maximum atomic E-state index is 4.32. The molecule has 14 heavy (non-hydrogen) atoms. The second-order valence-electron chi connectivity index (χ2n) is 4.27. The molecule has 0 aliphatic carbocycles.